The fourth-order valence-electron chi connectivity index (χ4n) is 5.60. The van der Waals surface area contributed by atoms with E-state index in [9.17, 15) is 18.7 Å². The van der Waals surface area contributed by atoms with Crippen molar-refractivity contribution >= 4 is 5.78 Å². The molecule has 152 valence electrons. The van der Waals surface area contributed by atoms with E-state index in [-0.39, 0.29) is 35.6 Å². The van der Waals surface area contributed by atoms with Crippen LogP contribution >= 0.6 is 0 Å². The smallest absolute Gasteiger partial charge is 0.165 e. The highest BCUT2D eigenvalue weighted by Gasteiger charge is 2.62. The first kappa shape index (κ1) is 18.7. The lowest BCUT2D eigenvalue weighted by Crippen LogP contribution is -2.31. The van der Waals surface area contributed by atoms with Gasteiger partial charge in [0.05, 0.1) is 30.1 Å². The second kappa shape index (κ2) is 6.61. The Labute approximate surface area is 167 Å². The van der Waals surface area contributed by atoms with Gasteiger partial charge in [0.2, 0.25) is 0 Å². The van der Waals surface area contributed by atoms with Crippen molar-refractivity contribution in [3.05, 3.63) is 58.7 Å². The molecule has 29 heavy (non-hydrogen) atoms. The second-order valence-electron chi connectivity index (χ2n) is 8.41. The highest BCUT2D eigenvalue weighted by Crippen LogP contribution is 2.55. The Morgan fingerprint density at radius 3 is 2.45 bits per heavy atom. The van der Waals surface area contributed by atoms with E-state index < -0.39 is 23.7 Å². The molecular weight excluding hydrogens is 378 g/mol. The quantitative estimate of drug-likeness (QED) is 0.839. The average Bonchev–Trinajstić information content (AvgIpc) is 3.34. The van der Waals surface area contributed by atoms with Crippen LogP contribution in [0.3, 0.4) is 0 Å². The number of ketones is 1. The van der Waals surface area contributed by atoms with Gasteiger partial charge in [0.15, 0.2) is 11.6 Å². The zero-order valence-corrected chi connectivity index (χ0v) is 16.2. The van der Waals surface area contributed by atoms with Crippen molar-refractivity contribution in [2.45, 2.75) is 50.9 Å². The van der Waals surface area contributed by atoms with Gasteiger partial charge in [-0.3, -0.25) is 4.79 Å². The maximum absolute atomic E-state index is 13.9. The van der Waals surface area contributed by atoms with Crippen LogP contribution in [0.5, 0.6) is 11.5 Å². The van der Waals surface area contributed by atoms with Crippen molar-refractivity contribution in [1.82, 2.24) is 0 Å². The summed E-state index contributed by atoms with van der Waals surface area (Å²) >= 11 is 0. The molecule has 3 fully saturated rings. The highest BCUT2D eigenvalue weighted by molar-refractivity contribution is 5.93. The predicted octanol–water partition coefficient (Wildman–Crippen LogP) is 4.19. The number of aliphatic hydroxyl groups excluding tert-OH is 1. The lowest BCUT2D eigenvalue weighted by atomic mass is 9.81. The Bertz CT molecular complexity index is 981. The van der Waals surface area contributed by atoms with Crippen LogP contribution in [0.1, 0.15) is 35.4 Å². The van der Waals surface area contributed by atoms with Gasteiger partial charge < -0.3 is 14.6 Å². The number of halogens is 2. The van der Waals surface area contributed by atoms with E-state index in [4.69, 9.17) is 9.47 Å². The van der Waals surface area contributed by atoms with Gasteiger partial charge in [-0.05, 0) is 67.6 Å². The number of Topliss-reactive ketones (excluding diaryl/α,β-unsaturated/α-hetero) is 1. The predicted molar refractivity (Wildman–Crippen MR) is 101 cm³/mol. The Morgan fingerprint density at radius 1 is 1.07 bits per heavy atom. The molecule has 2 heterocycles. The zero-order valence-electron chi connectivity index (χ0n) is 16.2. The van der Waals surface area contributed by atoms with Crippen LogP contribution in [-0.4, -0.2) is 29.2 Å². The molecule has 1 aliphatic carbocycles. The van der Waals surface area contributed by atoms with Gasteiger partial charge in [-0.2, -0.15) is 0 Å². The number of hydrogen-bond acceptors (Lipinski definition) is 4. The average molecular weight is 400 g/mol. The number of fused-ring (bicyclic) bond motifs is 5. The first-order valence-electron chi connectivity index (χ1n) is 9.96. The number of carbonyl (C=O) groups excluding carboxylic acids is 1. The van der Waals surface area contributed by atoms with E-state index in [0.29, 0.717) is 5.75 Å². The molecule has 4 nitrogen and oxygen atoms in total. The SMILES string of the molecule is Cc1cc(Oc2cc(F)ccc2F)cc(C)c1C1C(=O)C2C3CCC(O3)C2C1O. The molecule has 3 aliphatic rings. The summed E-state index contributed by atoms with van der Waals surface area (Å²) in [4.78, 5) is 13.2. The molecule has 1 saturated carbocycles. The van der Waals surface area contributed by atoms with E-state index in [0.717, 1.165) is 47.7 Å². The molecule has 0 spiro atoms. The summed E-state index contributed by atoms with van der Waals surface area (Å²) in [5.74, 6) is -1.99. The molecule has 2 bridgehead atoms. The van der Waals surface area contributed by atoms with Gasteiger partial charge in [0, 0.05) is 12.0 Å². The van der Waals surface area contributed by atoms with Gasteiger partial charge >= 0.3 is 0 Å². The zero-order chi connectivity index (χ0) is 20.4. The molecule has 0 aromatic heterocycles. The van der Waals surface area contributed by atoms with Crippen LogP contribution in [-0.2, 0) is 9.53 Å². The summed E-state index contributed by atoms with van der Waals surface area (Å²) in [6.45, 7) is 3.69. The third-order valence-corrected chi connectivity index (χ3v) is 6.70. The van der Waals surface area contributed by atoms with E-state index in [1.807, 2.05) is 13.8 Å². The van der Waals surface area contributed by atoms with Crippen molar-refractivity contribution in [3.8, 4) is 11.5 Å². The van der Waals surface area contributed by atoms with Crippen LogP contribution < -0.4 is 4.74 Å². The number of benzene rings is 2. The minimum atomic E-state index is -0.771. The lowest BCUT2D eigenvalue weighted by molar-refractivity contribution is -0.124. The topological polar surface area (TPSA) is 55.8 Å². The number of carbonyl (C=O) groups is 1. The second-order valence-corrected chi connectivity index (χ2v) is 8.41. The molecular formula is C23H22F2O4. The molecule has 1 N–H and O–H groups in total. The molecule has 2 saturated heterocycles. The van der Waals surface area contributed by atoms with Crippen molar-refractivity contribution in [2.24, 2.45) is 11.8 Å². The summed E-state index contributed by atoms with van der Waals surface area (Å²) in [6.07, 6.45) is 0.894. The molecule has 6 unspecified atom stereocenters. The largest absolute Gasteiger partial charge is 0.454 e. The van der Waals surface area contributed by atoms with Crippen LogP contribution in [0.4, 0.5) is 8.78 Å². The van der Waals surface area contributed by atoms with E-state index in [2.05, 4.69) is 0 Å². The first-order chi connectivity index (χ1) is 13.8. The maximum atomic E-state index is 13.9. The minimum Gasteiger partial charge on any atom is -0.454 e. The highest BCUT2D eigenvalue weighted by atomic mass is 19.1. The Balaban J connectivity index is 1.48. The summed E-state index contributed by atoms with van der Waals surface area (Å²) in [6, 6.07) is 6.44. The molecule has 6 atom stereocenters. The monoisotopic (exact) mass is 400 g/mol. The first-order valence-corrected chi connectivity index (χ1v) is 9.96. The molecule has 2 aliphatic heterocycles. The summed E-state index contributed by atoms with van der Waals surface area (Å²) in [5, 5.41) is 11.0. The van der Waals surface area contributed by atoms with Crippen LogP contribution in [0.2, 0.25) is 0 Å². The molecule has 0 amide bonds. The standard InChI is InChI=1S/C23H22F2O4/c1-10-7-13(28-17-9-12(24)3-4-14(17)25)8-11(2)18(10)21-22(26)19-15-5-6-16(29-15)20(19)23(21)27/h3-4,7-9,15-16,19-22,26H,5-6H2,1-2H3. The van der Waals surface area contributed by atoms with Crippen molar-refractivity contribution in [3.63, 3.8) is 0 Å². The number of ether oxygens (including phenoxy) is 2. The third-order valence-electron chi connectivity index (χ3n) is 6.70. The van der Waals surface area contributed by atoms with Gasteiger partial charge in [-0.15, -0.1) is 0 Å². The number of aryl methyl sites for hydroxylation is 2. The van der Waals surface area contributed by atoms with E-state index in [1.54, 1.807) is 12.1 Å². The van der Waals surface area contributed by atoms with Crippen molar-refractivity contribution < 1.29 is 28.2 Å². The molecule has 5 rings (SSSR count). The molecule has 2 aromatic rings. The number of hydrogen-bond donors (Lipinski definition) is 1. The van der Waals surface area contributed by atoms with Crippen LogP contribution in [0, 0.1) is 37.3 Å². The Morgan fingerprint density at radius 2 is 1.76 bits per heavy atom. The van der Waals surface area contributed by atoms with Gasteiger partial charge in [0.1, 0.15) is 17.3 Å². The Kier molecular flexibility index (Phi) is 4.26. The van der Waals surface area contributed by atoms with Crippen LogP contribution in [0.25, 0.3) is 0 Å². The molecule has 2 aromatic carbocycles. The summed E-state index contributed by atoms with van der Waals surface area (Å²) in [5.41, 5.74) is 2.35. The summed E-state index contributed by atoms with van der Waals surface area (Å²) in [7, 11) is 0. The van der Waals surface area contributed by atoms with E-state index >= 15 is 0 Å². The molecule has 0 radical (unpaired) electrons. The van der Waals surface area contributed by atoms with Crippen molar-refractivity contribution in [1.29, 1.82) is 0 Å². The Hall–Kier alpha value is -2.31. The summed E-state index contributed by atoms with van der Waals surface area (Å²) < 4.78 is 38.8. The van der Waals surface area contributed by atoms with Gasteiger partial charge in [-0.1, -0.05) is 0 Å². The normalized spacial score (nSPS) is 32.7. The third kappa shape index (κ3) is 2.81. The van der Waals surface area contributed by atoms with Crippen molar-refractivity contribution in [2.75, 3.05) is 0 Å². The van der Waals surface area contributed by atoms with Gasteiger partial charge in [-0.25, -0.2) is 8.78 Å². The number of aliphatic hydroxyl groups is 1. The number of rotatable bonds is 3. The lowest BCUT2D eigenvalue weighted by Gasteiger charge is -2.24. The minimum absolute atomic E-state index is 0.0341. The van der Waals surface area contributed by atoms with Gasteiger partial charge in [0.25, 0.3) is 0 Å². The fraction of sp³-hybridized carbons (Fsp3) is 0.435. The van der Waals surface area contributed by atoms with E-state index in [1.165, 1.54) is 0 Å². The molecule has 6 heteroatoms. The maximum Gasteiger partial charge on any atom is 0.165 e. The fourth-order valence-corrected chi connectivity index (χ4v) is 5.60. The van der Waals surface area contributed by atoms with Crippen LogP contribution in [0.15, 0.2) is 30.3 Å².